The number of hydrogen-bond acceptors (Lipinski definition) is 1. The molecule has 0 aliphatic heterocycles. The minimum Gasteiger partial charge on any atom is -0.310 e. The predicted molar refractivity (Wildman–Crippen MR) is 78.9 cm³/mol. The Hall–Kier alpha value is -1.08. The number of likely N-dealkylation sites (N-methyl/N-ethyl adjacent to an activating group) is 1. The van der Waals surface area contributed by atoms with Crippen LogP contribution in [0.1, 0.15) is 51.0 Å². The van der Waals surface area contributed by atoms with E-state index < -0.39 is 0 Å². The van der Waals surface area contributed by atoms with Gasteiger partial charge in [-0.05, 0) is 37.8 Å². The summed E-state index contributed by atoms with van der Waals surface area (Å²) in [4.78, 5) is 0. The van der Waals surface area contributed by atoms with Gasteiger partial charge in [-0.2, -0.15) is 0 Å². The van der Waals surface area contributed by atoms with E-state index >= 15 is 0 Å². The van der Waals surface area contributed by atoms with Crippen LogP contribution in [0, 0.1) is 0 Å². The largest absolute Gasteiger partial charge is 0.310 e. The van der Waals surface area contributed by atoms with Crippen molar-refractivity contribution in [3.05, 3.63) is 47.5 Å². The van der Waals surface area contributed by atoms with E-state index in [2.05, 4.69) is 55.6 Å². The molecule has 98 valence electrons. The lowest BCUT2D eigenvalue weighted by atomic mass is 9.84. The van der Waals surface area contributed by atoms with E-state index in [9.17, 15) is 0 Å². The Bertz CT molecular complexity index is 380. The van der Waals surface area contributed by atoms with Crippen LogP contribution in [0.2, 0.25) is 0 Å². The Balaban J connectivity index is 2.21. The molecule has 1 aromatic rings. The molecule has 18 heavy (non-hydrogen) atoms. The highest BCUT2D eigenvalue weighted by Crippen LogP contribution is 2.32. The summed E-state index contributed by atoms with van der Waals surface area (Å²) in [5, 5.41) is 3.71. The molecule has 1 nitrogen and oxygen atoms in total. The van der Waals surface area contributed by atoms with Crippen LogP contribution < -0.4 is 5.32 Å². The van der Waals surface area contributed by atoms with E-state index in [4.69, 9.17) is 0 Å². The maximum atomic E-state index is 3.71. The molecule has 2 atom stereocenters. The number of hydrogen-bond donors (Lipinski definition) is 1. The third-order valence-electron chi connectivity index (χ3n) is 3.97. The summed E-state index contributed by atoms with van der Waals surface area (Å²) in [6.07, 6.45) is 7.53. The lowest BCUT2D eigenvalue weighted by Gasteiger charge is -2.29. The average molecular weight is 243 g/mol. The van der Waals surface area contributed by atoms with Gasteiger partial charge in [-0.1, -0.05) is 55.8 Å². The Morgan fingerprint density at radius 3 is 2.50 bits per heavy atom. The van der Waals surface area contributed by atoms with Crippen molar-refractivity contribution in [1.82, 2.24) is 5.32 Å². The number of allylic oxidation sites excluding steroid dienone is 1. The predicted octanol–water partition coefficient (Wildman–Crippen LogP) is 4.27. The van der Waals surface area contributed by atoms with E-state index in [1.807, 2.05) is 0 Å². The first-order valence-electron chi connectivity index (χ1n) is 7.34. The van der Waals surface area contributed by atoms with Gasteiger partial charge in [-0.15, -0.1) is 0 Å². The second-order valence-corrected chi connectivity index (χ2v) is 5.13. The second-order valence-electron chi connectivity index (χ2n) is 5.13. The van der Waals surface area contributed by atoms with Gasteiger partial charge in [0, 0.05) is 12.0 Å². The van der Waals surface area contributed by atoms with Crippen molar-refractivity contribution in [2.75, 3.05) is 6.54 Å². The third-order valence-corrected chi connectivity index (χ3v) is 3.97. The molecule has 2 rings (SSSR count). The van der Waals surface area contributed by atoms with Crippen molar-refractivity contribution in [2.45, 2.75) is 51.5 Å². The molecule has 0 fully saturated rings. The summed E-state index contributed by atoms with van der Waals surface area (Å²) >= 11 is 0. The van der Waals surface area contributed by atoms with E-state index in [0.29, 0.717) is 12.0 Å². The lowest BCUT2D eigenvalue weighted by molar-refractivity contribution is 0.471. The van der Waals surface area contributed by atoms with Gasteiger partial charge in [0.05, 0.1) is 0 Å². The van der Waals surface area contributed by atoms with Gasteiger partial charge in [0.15, 0.2) is 0 Å². The van der Waals surface area contributed by atoms with Crippen molar-refractivity contribution in [3.63, 3.8) is 0 Å². The van der Waals surface area contributed by atoms with Crippen molar-refractivity contribution >= 4 is 0 Å². The van der Waals surface area contributed by atoms with Crippen LogP contribution in [0.25, 0.3) is 0 Å². The van der Waals surface area contributed by atoms with Gasteiger partial charge in [-0.3, -0.25) is 0 Å². The molecule has 0 spiro atoms. The molecule has 1 aliphatic rings. The first-order chi connectivity index (χ1) is 8.86. The van der Waals surface area contributed by atoms with Crippen LogP contribution in [0.15, 0.2) is 42.0 Å². The Labute approximate surface area is 111 Å². The molecule has 0 heterocycles. The fourth-order valence-corrected chi connectivity index (χ4v) is 3.09. The van der Waals surface area contributed by atoms with Gasteiger partial charge in [-0.25, -0.2) is 0 Å². The average Bonchev–Trinajstić information content (AvgIpc) is 2.93. The molecule has 1 aliphatic carbocycles. The molecule has 0 saturated heterocycles. The zero-order valence-corrected chi connectivity index (χ0v) is 11.7. The van der Waals surface area contributed by atoms with Crippen LogP contribution >= 0.6 is 0 Å². The smallest absolute Gasteiger partial charge is 0.0348 e. The number of benzene rings is 1. The zero-order valence-electron chi connectivity index (χ0n) is 11.7. The molecule has 1 heteroatoms. The molecule has 1 N–H and O–H groups in total. The monoisotopic (exact) mass is 243 g/mol. The molecule has 2 unspecified atom stereocenters. The molecule has 0 radical (unpaired) electrons. The summed E-state index contributed by atoms with van der Waals surface area (Å²) < 4.78 is 0. The summed E-state index contributed by atoms with van der Waals surface area (Å²) in [6.45, 7) is 5.56. The topological polar surface area (TPSA) is 12.0 Å². The summed E-state index contributed by atoms with van der Waals surface area (Å²) in [6, 6.07) is 11.5. The van der Waals surface area contributed by atoms with E-state index in [-0.39, 0.29) is 0 Å². The van der Waals surface area contributed by atoms with Crippen molar-refractivity contribution in [2.24, 2.45) is 0 Å². The van der Waals surface area contributed by atoms with Gasteiger partial charge in [0.25, 0.3) is 0 Å². The third kappa shape index (κ3) is 3.02. The van der Waals surface area contributed by atoms with Crippen LogP contribution in [0.4, 0.5) is 0 Å². The standard InChI is InChI=1S/C17H25N/c1-3-16(14-10-6-5-7-11-14)17(18-4-2)15-12-8-9-13-15/h5-7,10-12,16-18H,3-4,8-9,13H2,1-2H3. The molecular weight excluding hydrogens is 218 g/mol. The number of rotatable bonds is 6. The van der Waals surface area contributed by atoms with Gasteiger partial charge in [0.2, 0.25) is 0 Å². The second kappa shape index (κ2) is 6.75. The molecule has 0 aromatic heterocycles. The Kier molecular flexibility index (Phi) is 5.00. The Morgan fingerprint density at radius 1 is 1.17 bits per heavy atom. The van der Waals surface area contributed by atoms with Crippen LogP contribution in [0.5, 0.6) is 0 Å². The van der Waals surface area contributed by atoms with Gasteiger partial charge in [0.1, 0.15) is 0 Å². The maximum absolute atomic E-state index is 3.71. The summed E-state index contributed by atoms with van der Waals surface area (Å²) in [5.74, 6) is 0.607. The van der Waals surface area contributed by atoms with Gasteiger partial charge >= 0.3 is 0 Å². The van der Waals surface area contributed by atoms with E-state index in [1.165, 1.54) is 31.2 Å². The fraction of sp³-hybridized carbons (Fsp3) is 0.529. The van der Waals surface area contributed by atoms with Crippen LogP contribution in [-0.2, 0) is 0 Å². The quantitative estimate of drug-likeness (QED) is 0.736. The first-order valence-corrected chi connectivity index (χ1v) is 7.34. The normalized spacial score (nSPS) is 18.4. The fourth-order valence-electron chi connectivity index (χ4n) is 3.09. The minimum absolute atomic E-state index is 0.532. The van der Waals surface area contributed by atoms with Crippen LogP contribution in [-0.4, -0.2) is 12.6 Å². The molecule has 0 amide bonds. The van der Waals surface area contributed by atoms with Gasteiger partial charge < -0.3 is 5.32 Å². The zero-order chi connectivity index (χ0) is 12.8. The van der Waals surface area contributed by atoms with E-state index in [1.54, 1.807) is 5.57 Å². The highest BCUT2D eigenvalue weighted by atomic mass is 14.9. The highest BCUT2D eigenvalue weighted by Gasteiger charge is 2.25. The summed E-state index contributed by atoms with van der Waals surface area (Å²) in [7, 11) is 0. The SMILES string of the molecule is CCNC(C1=CCCC1)C(CC)c1ccccc1. The Morgan fingerprint density at radius 2 is 1.94 bits per heavy atom. The van der Waals surface area contributed by atoms with Crippen molar-refractivity contribution in [1.29, 1.82) is 0 Å². The first kappa shape index (κ1) is 13.4. The lowest BCUT2D eigenvalue weighted by Crippen LogP contribution is -2.36. The molecule has 1 aromatic carbocycles. The molecular formula is C17H25N. The summed E-state index contributed by atoms with van der Waals surface area (Å²) in [5.41, 5.74) is 3.10. The molecule has 0 bridgehead atoms. The highest BCUT2D eigenvalue weighted by molar-refractivity contribution is 5.28. The van der Waals surface area contributed by atoms with E-state index in [0.717, 1.165) is 6.54 Å². The number of nitrogens with one attached hydrogen (secondary N) is 1. The molecule has 0 saturated carbocycles. The van der Waals surface area contributed by atoms with Crippen molar-refractivity contribution in [3.8, 4) is 0 Å². The van der Waals surface area contributed by atoms with Crippen LogP contribution in [0.3, 0.4) is 0 Å². The minimum atomic E-state index is 0.532. The van der Waals surface area contributed by atoms with Crippen molar-refractivity contribution < 1.29 is 0 Å². The maximum Gasteiger partial charge on any atom is 0.0348 e.